The molecule has 16 heavy (non-hydrogen) atoms. The fraction of sp³-hybridized carbons (Fsp3) is 0.846. The first-order chi connectivity index (χ1) is 7.45. The monoisotopic (exact) mass is 243 g/mol. The maximum atomic E-state index is 12.1. The Morgan fingerprint density at radius 2 is 2.19 bits per heavy atom. The van der Waals surface area contributed by atoms with Crippen molar-refractivity contribution in [1.29, 1.82) is 0 Å². The molecule has 0 spiro atoms. The van der Waals surface area contributed by atoms with Crippen molar-refractivity contribution in [3.63, 3.8) is 0 Å². The molecule has 2 nitrogen and oxygen atoms in total. The Hall–Kier alpha value is -0.150. The highest BCUT2D eigenvalue weighted by atomic mass is 32.2. The van der Waals surface area contributed by atoms with Crippen LogP contribution in [-0.4, -0.2) is 15.0 Å². The molecule has 94 valence electrons. The minimum absolute atomic E-state index is 0.175. The van der Waals surface area contributed by atoms with Crippen molar-refractivity contribution in [3.05, 3.63) is 12.2 Å². The van der Waals surface area contributed by atoms with Crippen LogP contribution in [0.25, 0.3) is 0 Å². The lowest BCUT2D eigenvalue weighted by Gasteiger charge is -2.29. The molecule has 1 N–H and O–H groups in total. The molecule has 0 aromatic rings. The number of nitrogens with one attached hydrogen (secondary N) is 1. The maximum Gasteiger partial charge on any atom is 0.0972 e. The van der Waals surface area contributed by atoms with Gasteiger partial charge < -0.3 is 0 Å². The van der Waals surface area contributed by atoms with Crippen LogP contribution in [0.2, 0.25) is 0 Å². The average Bonchev–Trinajstić information content (AvgIpc) is 2.25. The second-order valence-corrected chi connectivity index (χ2v) is 7.53. The second-order valence-electron chi connectivity index (χ2n) is 5.54. The molecule has 1 rings (SSSR count). The standard InChI is InChI=1S/C13H25NOS/c1-5-12(11-9-7-6-8-10-11)14-16(15)13(2,3)4/h7,9,11-12,14H,5-6,8,10H2,1-4H3/t11-,12-,16?/m1/s1. The molecule has 0 aromatic carbocycles. The molecule has 1 unspecified atom stereocenters. The zero-order chi connectivity index (χ0) is 12.2. The van der Waals surface area contributed by atoms with Crippen molar-refractivity contribution in [1.82, 2.24) is 4.72 Å². The molecule has 0 saturated carbocycles. The molecular formula is C13H25NOS. The van der Waals surface area contributed by atoms with Crippen LogP contribution >= 0.6 is 0 Å². The lowest BCUT2D eigenvalue weighted by atomic mass is 9.89. The van der Waals surface area contributed by atoms with Crippen LogP contribution in [-0.2, 0) is 11.0 Å². The molecule has 1 aliphatic rings. The summed E-state index contributed by atoms with van der Waals surface area (Å²) in [4.78, 5) is 0. The quantitative estimate of drug-likeness (QED) is 0.755. The van der Waals surface area contributed by atoms with E-state index in [0.29, 0.717) is 12.0 Å². The highest BCUT2D eigenvalue weighted by Crippen LogP contribution is 2.23. The van der Waals surface area contributed by atoms with Gasteiger partial charge in [0.05, 0.1) is 15.7 Å². The minimum atomic E-state index is -0.953. The van der Waals surface area contributed by atoms with Crippen LogP contribution < -0.4 is 4.72 Å². The molecule has 0 amide bonds. The number of allylic oxidation sites excluding steroid dienone is 1. The highest BCUT2D eigenvalue weighted by Gasteiger charge is 2.26. The molecule has 0 aromatic heterocycles. The first-order valence-electron chi connectivity index (χ1n) is 6.30. The zero-order valence-corrected chi connectivity index (χ0v) is 11.8. The van der Waals surface area contributed by atoms with Crippen LogP contribution in [0.15, 0.2) is 12.2 Å². The van der Waals surface area contributed by atoms with Gasteiger partial charge in [0.15, 0.2) is 0 Å². The van der Waals surface area contributed by atoms with Gasteiger partial charge in [-0.25, -0.2) is 8.93 Å². The molecule has 1 aliphatic carbocycles. The molecule has 0 radical (unpaired) electrons. The van der Waals surface area contributed by atoms with E-state index in [4.69, 9.17) is 0 Å². The lowest BCUT2D eigenvalue weighted by molar-refractivity contribution is 0.409. The third kappa shape index (κ3) is 4.02. The minimum Gasteiger partial charge on any atom is -0.242 e. The summed E-state index contributed by atoms with van der Waals surface area (Å²) in [6, 6.07) is 0.358. The van der Waals surface area contributed by atoms with Crippen LogP contribution in [0.4, 0.5) is 0 Å². The third-order valence-corrected chi connectivity index (χ3v) is 4.69. The summed E-state index contributed by atoms with van der Waals surface area (Å²) in [5, 5.41) is 0. The largest absolute Gasteiger partial charge is 0.242 e. The van der Waals surface area contributed by atoms with E-state index in [0.717, 1.165) is 6.42 Å². The van der Waals surface area contributed by atoms with Gasteiger partial charge in [-0.05, 0) is 52.4 Å². The Bertz CT molecular complexity index is 268. The summed E-state index contributed by atoms with van der Waals surface area (Å²) in [6.07, 6.45) is 9.29. The molecule has 0 saturated heterocycles. The van der Waals surface area contributed by atoms with Crippen LogP contribution in [0.3, 0.4) is 0 Å². The maximum absolute atomic E-state index is 12.1. The highest BCUT2D eigenvalue weighted by molar-refractivity contribution is 7.84. The summed E-state index contributed by atoms with van der Waals surface area (Å²) in [5.74, 6) is 0.560. The van der Waals surface area contributed by atoms with Gasteiger partial charge in [-0.1, -0.05) is 19.1 Å². The predicted molar refractivity (Wildman–Crippen MR) is 71.6 cm³/mol. The Morgan fingerprint density at radius 3 is 2.62 bits per heavy atom. The first kappa shape index (κ1) is 13.9. The van der Waals surface area contributed by atoms with Gasteiger partial charge >= 0.3 is 0 Å². The van der Waals surface area contributed by atoms with E-state index in [1.807, 2.05) is 20.8 Å². The van der Waals surface area contributed by atoms with Gasteiger partial charge in [0.25, 0.3) is 0 Å². The van der Waals surface area contributed by atoms with Gasteiger partial charge in [-0.3, -0.25) is 0 Å². The van der Waals surface area contributed by atoms with E-state index < -0.39 is 11.0 Å². The van der Waals surface area contributed by atoms with Crippen molar-refractivity contribution in [3.8, 4) is 0 Å². The van der Waals surface area contributed by atoms with E-state index >= 15 is 0 Å². The van der Waals surface area contributed by atoms with Crippen molar-refractivity contribution in [2.24, 2.45) is 5.92 Å². The molecule has 0 heterocycles. The third-order valence-electron chi connectivity index (χ3n) is 3.06. The number of hydrogen-bond donors (Lipinski definition) is 1. The van der Waals surface area contributed by atoms with Crippen LogP contribution in [0.1, 0.15) is 53.4 Å². The lowest BCUT2D eigenvalue weighted by Crippen LogP contribution is -2.43. The van der Waals surface area contributed by atoms with Gasteiger partial charge in [-0.2, -0.15) is 0 Å². The molecule has 0 aliphatic heterocycles. The van der Waals surface area contributed by atoms with E-state index in [1.165, 1.54) is 19.3 Å². The zero-order valence-electron chi connectivity index (χ0n) is 11.0. The Labute approximate surface area is 102 Å². The summed E-state index contributed by atoms with van der Waals surface area (Å²) < 4.78 is 15.2. The molecule has 3 heteroatoms. The van der Waals surface area contributed by atoms with Gasteiger partial charge in [-0.15, -0.1) is 0 Å². The average molecular weight is 243 g/mol. The van der Waals surface area contributed by atoms with E-state index in [-0.39, 0.29) is 4.75 Å². The fourth-order valence-electron chi connectivity index (χ4n) is 1.96. The van der Waals surface area contributed by atoms with Crippen LogP contribution in [0.5, 0.6) is 0 Å². The summed E-state index contributed by atoms with van der Waals surface area (Å²) in [7, 11) is -0.953. The topological polar surface area (TPSA) is 29.1 Å². The van der Waals surface area contributed by atoms with Crippen molar-refractivity contribution < 1.29 is 4.21 Å². The molecule has 0 fully saturated rings. The second kappa shape index (κ2) is 5.97. The summed E-state index contributed by atoms with van der Waals surface area (Å²) >= 11 is 0. The summed E-state index contributed by atoms with van der Waals surface area (Å²) in [5.41, 5.74) is 0. The Kier molecular flexibility index (Phi) is 5.19. The van der Waals surface area contributed by atoms with E-state index in [2.05, 4.69) is 23.8 Å². The molecule has 3 atom stereocenters. The van der Waals surface area contributed by atoms with E-state index in [9.17, 15) is 4.21 Å². The number of hydrogen-bond acceptors (Lipinski definition) is 1. The number of rotatable bonds is 4. The molecular weight excluding hydrogens is 218 g/mol. The van der Waals surface area contributed by atoms with Crippen molar-refractivity contribution in [2.75, 3.05) is 0 Å². The molecule has 0 bridgehead atoms. The van der Waals surface area contributed by atoms with Gasteiger partial charge in [0, 0.05) is 6.04 Å². The van der Waals surface area contributed by atoms with Gasteiger partial charge in [0.2, 0.25) is 0 Å². The Balaban J connectivity index is 2.58. The summed E-state index contributed by atoms with van der Waals surface area (Å²) in [6.45, 7) is 8.21. The van der Waals surface area contributed by atoms with Crippen molar-refractivity contribution in [2.45, 2.75) is 64.2 Å². The fourth-order valence-corrected chi connectivity index (χ4v) is 2.93. The Morgan fingerprint density at radius 1 is 1.50 bits per heavy atom. The predicted octanol–water partition coefficient (Wildman–Crippen LogP) is 3.17. The van der Waals surface area contributed by atoms with Crippen molar-refractivity contribution >= 4 is 11.0 Å². The first-order valence-corrected chi connectivity index (χ1v) is 7.45. The smallest absolute Gasteiger partial charge is 0.0972 e. The normalized spacial score (nSPS) is 25.4. The van der Waals surface area contributed by atoms with E-state index in [1.54, 1.807) is 0 Å². The van der Waals surface area contributed by atoms with Gasteiger partial charge in [0.1, 0.15) is 0 Å². The SMILES string of the molecule is CC[C@@H](NS(=O)C(C)(C)C)[C@@H]1C=CCCC1. The van der Waals surface area contributed by atoms with Crippen LogP contribution in [0, 0.1) is 5.92 Å².